The van der Waals surface area contributed by atoms with Gasteiger partial charge < -0.3 is 4.74 Å². The Morgan fingerprint density at radius 1 is 1.47 bits per heavy atom. The molecule has 0 radical (unpaired) electrons. The fourth-order valence-corrected chi connectivity index (χ4v) is 2.52. The van der Waals surface area contributed by atoms with E-state index in [1.165, 1.54) is 0 Å². The predicted octanol–water partition coefficient (Wildman–Crippen LogP) is 2.38. The first kappa shape index (κ1) is 15.8. The second kappa shape index (κ2) is 6.26. The van der Waals surface area contributed by atoms with Crippen molar-refractivity contribution in [2.45, 2.75) is 52.2 Å². The van der Waals surface area contributed by atoms with E-state index in [1.807, 2.05) is 6.92 Å². The molecule has 1 atom stereocenters. The molecule has 0 saturated carbocycles. The number of hydrogen-bond donors (Lipinski definition) is 0. The molecule has 1 rings (SSSR count). The van der Waals surface area contributed by atoms with Crippen LogP contribution in [0.1, 0.15) is 40.5 Å². The van der Waals surface area contributed by atoms with E-state index in [1.54, 1.807) is 26.7 Å². The number of amides is 1. The van der Waals surface area contributed by atoms with Gasteiger partial charge in [-0.2, -0.15) is 0 Å². The van der Waals surface area contributed by atoms with Gasteiger partial charge in [0, 0.05) is 6.42 Å². The highest BCUT2D eigenvalue weighted by Gasteiger charge is 2.40. The Balaban J connectivity index is 2.92. The highest BCUT2D eigenvalue weighted by molar-refractivity contribution is 8.13. The summed E-state index contributed by atoms with van der Waals surface area (Å²) >= 11 is 1.15. The lowest BCUT2D eigenvalue weighted by atomic mass is 10.2. The molecule has 19 heavy (non-hydrogen) atoms. The summed E-state index contributed by atoms with van der Waals surface area (Å²) < 4.78 is 5.24. The number of allylic oxidation sites excluding steroid dienone is 1. The third-order valence-corrected chi connectivity index (χ3v) is 3.37. The van der Waals surface area contributed by atoms with Crippen LogP contribution < -0.4 is 0 Å². The van der Waals surface area contributed by atoms with Crippen LogP contribution in [-0.4, -0.2) is 39.4 Å². The largest absolute Gasteiger partial charge is 0.443 e. The summed E-state index contributed by atoms with van der Waals surface area (Å²) in [6.07, 6.45) is 0.178. The van der Waals surface area contributed by atoms with Crippen LogP contribution in [0.3, 0.4) is 0 Å². The van der Waals surface area contributed by atoms with E-state index >= 15 is 0 Å². The van der Waals surface area contributed by atoms with E-state index < -0.39 is 17.7 Å². The molecular weight excluding hydrogens is 266 g/mol. The third kappa shape index (κ3) is 4.11. The van der Waals surface area contributed by atoms with Crippen molar-refractivity contribution in [1.29, 1.82) is 0 Å². The predicted molar refractivity (Wildman–Crippen MR) is 73.4 cm³/mol. The molecule has 1 fully saturated rings. The molecule has 1 amide bonds. The van der Waals surface area contributed by atoms with Crippen LogP contribution in [0.4, 0.5) is 4.79 Å². The zero-order valence-corrected chi connectivity index (χ0v) is 12.5. The Bertz CT molecular complexity index is 421. The molecule has 1 heterocycles. The van der Waals surface area contributed by atoms with Crippen molar-refractivity contribution in [2.24, 2.45) is 0 Å². The average molecular weight is 285 g/mol. The molecule has 1 saturated heterocycles. The molecule has 106 valence electrons. The van der Waals surface area contributed by atoms with E-state index in [4.69, 9.17) is 4.74 Å². The zero-order chi connectivity index (χ0) is 14.6. The SMILES string of the molecule is CCSC(=O)[C@@H]1CCC(=C=O)N1C(=O)OC(C)(C)C. The molecule has 6 heteroatoms. The number of likely N-dealkylation sites (tertiary alicyclic amines) is 1. The van der Waals surface area contributed by atoms with Crippen molar-refractivity contribution in [2.75, 3.05) is 5.75 Å². The molecule has 0 aliphatic carbocycles. The Hall–Kier alpha value is -1.26. The van der Waals surface area contributed by atoms with E-state index in [2.05, 4.69) is 0 Å². The minimum Gasteiger partial charge on any atom is -0.443 e. The standard InChI is InChI=1S/C13H19NO4S/c1-5-19-11(16)10-7-6-9(8-15)14(10)12(17)18-13(2,3)4/h10H,5-7H2,1-4H3/t10-/m0/s1. The molecule has 5 nitrogen and oxygen atoms in total. The van der Waals surface area contributed by atoms with Gasteiger partial charge in [0.1, 0.15) is 23.3 Å². The van der Waals surface area contributed by atoms with Crippen molar-refractivity contribution in [1.82, 2.24) is 4.90 Å². The van der Waals surface area contributed by atoms with Crippen LogP contribution in [0.25, 0.3) is 0 Å². The Kier molecular flexibility index (Phi) is 5.20. The monoisotopic (exact) mass is 285 g/mol. The lowest BCUT2D eigenvalue weighted by Gasteiger charge is -2.27. The van der Waals surface area contributed by atoms with Gasteiger partial charge in [-0.25, -0.2) is 9.59 Å². The lowest BCUT2D eigenvalue weighted by Crippen LogP contribution is -2.42. The first-order valence-corrected chi connectivity index (χ1v) is 7.21. The topological polar surface area (TPSA) is 63.7 Å². The van der Waals surface area contributed by atoms with Crippen molar-refractivity contribution in [3.05, 3.63) is 5.70 Å². The van der Waals surface area contributed by atoms with E-state index in [0.717, 1.165) is 16.7 Å². The summed E-state index contributed by atoms with van der Waals surface area (Å²) in [5, 5.41) is -0.112. The average Bonchev–Trinajstić information content (AvgIpc) is 2.70. The van der Waals surface area contributed by atoms with Gasteiger partial charge in [-0.1, -0.05) is 18.7 Å². The Labute approximate surface area is 117 Å². The van der Waals surface area contributed by atoms with Crippen LogP contribution in [-0.2, 0) is 14.3 Å². The molecule has 0 spiro atoms. The normalized spacial score (nSPS) is 19.3. The maximum atomic E-state index is 12.1. The molecule has 1 aliphatic rings. The van der Waals surface area contributed by atoms with Crippen LogP contribution in [0, 0.1) is 0 Å². The van der Waals surface area contributed by atoms with Gasteiger partial charge >= 0.3 is 6.09 Å². The number of carbonyl (C=O) groups is 2. The minimum atomic E-state index is -0.667. The van der Waals surface area contributed by atoms with Gasteiger partial charge in [0.05, 0.1) is 0 Å². The quantitative estimate of drug-likeness (QED) is 0.729. The highest BCUT2D eigenvalue weighted by Crippen LogP contribution is 2.30. The Morgan fingerprint density at radius 2 is 2.11 bits per heavy atom. The summed E-state index contributed by atoms with van der Waals surface area (Å²) in [5.74, 6) is 2.37. The summed E-state index contributed by atoms with van der Waals surface area (Å²) in [7, 11) is 0. The van der Waals surface area contributed by atoms with E-state index in [-0.39, 0.29) is 10.8 Å². The van der Waals surface area contributed by atoms with Crippen molar-refractivity contribution < 1.29 is 19.1 Å². The number of ether oxygens (including phenoxy) is 1. The fraction of sp³-hybridized carbons (Fsp3) is 0.692. The van der Waals surface area contributed by atoms with Gasteiger partial charge in [-0.15, -0.1) is 0 Å². The molecule has 0 bridgehead atoms. The van der Waals surface area contributed by atoms with Gasteiger partial charge in [0.2, 0.25) is 5.12 Å². The summed E-state index contributed by atoms with van der Waals surface area (Å²) in [6, 6.07) is -0.615. The van der Waals surface area contributed by atoms with Gasteiger partial charge in [0.15, 0.2) is 0 Å². The lowest BCUT2D eigenvalue weighted by molar-refractivity contribution is -0.114. The molecule has 0 unspecified atom stereocenters. The number of rotatable bonds is 2. The molecule has 0 aromatic heterocycles. The molecular formula is C13H19NO4S. The molecule has 0 aromatic carbocycles. The highest BCUT2D eigenvalue weighted by atomic mass is 32.2. The van der Waals surface area contributed by atoms with Crippen LogP contribution in [0.5, 0.6) is 0 Å². The van der Waals surface area contributed by atoms with Crippen molar-refractivity contribution >= 4 is 28.9 Å². The number of hydrogen-bond acceptors (Lipinski definition) is 5. The third-order valence-electron chi connectivity index (χ3n) is 2.52. The summed E-state index contributed by atoms with van der Waals surface area (Å²) in [5.41, 5.74) is -0.469. The van der Waals surface area contributed by atoms with Gasteiger partial charge in [-0.3, -0.25) is 9.69 Å². The van der Waals surface area contributed by atoms with Crippen LogP contribution in [0.15, 0.2) is 5.70 Å². The maximum absolute atomic E-state index is 12.1. The van der Waals surface area contributed by atoms with Crippen LogP contribution >= 0.6 is 11.8 Å². The second-order valence-corrected chi connectivity index (χ2v) is 6.47. The van der Waals surface area contributed by atoms with Gasteiger partial charge in [-0.05, 0) is 32.9 Å². The fourth-order valence-electron chi connectivity index (χ4n) is 1.82. The van der Waals surface area contributed by atoms with Gasteiger partial charge in [0.25, 0.3) is 0 Å². The molecule has 1 aliphatic heterocycles. The number of nitrogens with zero attached hydrogens (tertiary/aromatic N) is 1. The smallest absolute Gasteiger partial charge is 0.415 e. The molecule has 0 aromatic rings. The van der Waals surface area contributed by atoms with Crippen molar-refractivity contribution in [3.63, 3.8) is 0 Å². The Morgan fingerprint density at radius 3 is 2.58 bits per heavy atom. The summed E-state index contributed by atoms with van der Waals surface area (Å²) in [4.78, 5) is 36.1. The van der Waals surface area contributed by atoms with E-state index in [0.29, 0.717) is 18.6 Å². The van der Waals surface area contributed by atoms with Crippen molar-refractivity contribution in [3.8, 4) is 0 Å². The number of thioether (sulfide) groups is 1. The number of carbonyl (C=O) groups excluding carboxylic acids is 3. The molecule has 0 N–H and O–H groups in total. The first-order valence-electron chi connectivity index (χ1n) is 6.23. The minimum absolute atomic E-state index is 0.112. The summed E-state index contributed by atoms with van der Waals surface area (Å²) in [6.45, 7) is 7.08. The zero-order valence-electron chi connectivity index (χ0n) is 11.7. The second-order valence-electron chi connectivity index (χ2n) is 5.21. The maximum Gasteiger partial charge on any atom is 0.415 e. The van der Waals surface area contributed by atoms with Crippen LogP contribution in [0.2, 0.25) is 0 Å². The first-order chi connectivity index (χ1) is 8.80. The van der Waals surface area contributed by atoms with E-state index in [9.17, 15) is 14.4 Å².